The number of morpholine rings is 1. The monoisotopic (exact) mass is 402 g/mol. The number of ether oxygens (including phenoxy) is 2. The highest BCUT2D eigenvalue weighted by atomic mass is 16.5. The number of aromatic amines is 1. The van der Waals surface area contributed by atoms with Crippen molar-refractivity contribution in [3.8, 4) is 28.3 Å². The van der Waals surface area contributed by atoms with Crippen LogP contribution < -0.4 is 9.64 Å². The number of anilines is 1. The molecule has 0 amide bonds. The summed E-state index contributed by atoms with van der Waals surface area (Å²) in [4.78, 5) is 15.4. The molecule has 0 saturated carbocycles. The molecule has 152 valence electrons. The first-order valence-corrected chi connectivity index (χ1v) is 9.88. The van der Waals surface area contributed by atoms with Crippen molar-refractivity contribution in [1.82, 2.24) is 25.1 Å². The van der Waals surface area contributed by atoms with Gasteiger partial charge in [0, 0.05) is 30.2 Å². The van der Waals surface area contributed by atoms with Crippen molar-refractivity contribution in [3.05, 3.63) is 48.5 Å². The van der Waals surface area contributed by atoms with Gasteiger partial charge >= 0.3 is 0 Å². The van der Waals surface area contributed by atoms with Gasteiger partial charge in [-0.25, -0.2) is 15.0 Å². The minimum atomic E-state index is 0.561. The van der Waals surface area contributed by atoms with Gasteiger partial charge in [-0.05, 0) is 36.8 Å². The molecule has 0 bridgehead atoms. The molecule has 3 aromatic heterocycles. The molecule has 0 atom stereocenters. The van der Waals surface area contributed by atoms with Crippen LogP contribution in [0.2, 0.25) is 0 Å². The molecule has 1 aliphatic rings. The summed E-state index contributed by atoms with van der Waals surface area (Å²) in [6.07, 6.45) is 3.35. The van der Waals surface area contributed by atoms with Crippen LogP contribution in [0.5, 0.6) is 5.88 Å². The number of nitrogens with one attached hydrogen (secondary N) is 1. The summed E-state index contributed by atoms with van der Waals surface area (Å²) in [7, 11) is 1.62. The average Bonchev–Trinajstić information content (AvgIpc) is 3.23. The van der Waals surface area contributed by atoms with Gasteiger partial charge in [-0.3, -0.25) is 5.10 Å². The molecule has 8 heteroatoms. The number of fused-ring (bicyclic) bond motifs is 1. The van der Waals surface area contributed by atoms with Crippen LogP contribution in [0.3, 0.4) is 0 Å². The second-order valence-electron chi connectivity index (χ2n) is 7.18. The Morgan fingerprint density at radius 1 is 1.03 bits per heavy atom. The zero-order valence-corrected chi connectivity index (χ0v) is 16.9. The van der Waals surface area contributed by atoms with Crippen molar-refractivity contribution in [2.75, 3.05) is 38.3 Å². The minimum Gasteiger partial charge on any atom is -0.480 e. The summed E-state index contributed by atoms with van der Waals surface area (Å²) in [5, 5.41) is 8.76. The van der Waals surface area contributed by atoms with E-state index in [2.05, 4.69) is 42.2 Å². The Balaban J connectivity index is 1.60. The fourth-order valence-corrected chi connectivity index (χ4v) is 3.86. The number of hydrogen-bond acceptors (Lipinski definition) is 7. The van der Waals surface area contributed by atoms with Gasteiger partial charge in [-0.2, -0.15) is 5.10 Å². The van der Waals surface area contributed by atoms with Gasteiger partial charge < -0.3 is 14.4 Å². The highest BCUT2D eigenvalue weighted by Gasteiger charge is 2.17. The van der Waals surface area contributed by atoms with Gasteiger partial charge in [0.25, 0.3) is 0 Å². The third kappa shape index (κ3) is 3.25. The van der Waals surface area contributed by atoms with Crippen LogP contribution in [0.15, 0.2) is 42.9 Å². The summed E-state index contributed by atoms with van der Waals surface area (Å²) >= 11 is 0. The fourth-order valence-electron chi connectivity index (χ4n) is 3.86. The van der Waals surface area contributed by atoms with E-state index in [1.54, 1.807) is 7.11 Å². The normalized spacial score (nSPS) is 14.3. The molecular formula is C22H22N6O2. The van der Waals surface area contributed by atoms with Gasteiger partial charge in [0.2, 0.25) is 5.88 Å². The molecule has 1 N–H and O–H groups in total. The lowest BCUT2D eigenvalue weighted by Gasteiger charge is -2.27. The lowest BCUT2D eigenvalue weighted by molar-refractivity contribution is 0.122. The highest BCUT2D eigenvalue weighted by Crippen LogP contribution is 2.35. The number of H-pyrrole nitrogens is 1. The van der Waals surface area contributed by atoms with Crippen molar-refractivity contribution >= 4 is 16.7 Å². The molecule has 8 nitrogen and oxygen atoms in total. The van der Waals surface area contributed by atoms with Crippen LogP contribution in [0, 0.1) is 6.92 Å². The van der Waals surface area contributed by atoms with Crippen molar-refractivity contribution in [2.45, 2.75) is 6.92 Å². The smallest absolute Gasteiger partial charge is 0.224 e. The van der Waals surface area contributed by atoms with Crippen molar-refractivity contribution < 1.29 is 9.47 Å². The van der Waals surface area contributed by atoms with E-state index in [9.17, 15) is 0 Å². The first-order valence-electron chi connectivity index (χ1n) is 9.88. The van der Waals surface area contributed by atoms with Gasteiger partial charge in [-0.1, -0.05) is 6.07 Å². The van der Waals surface area contributed by atoms with Crippen LogP contribution in [-0.2, 0) is 4.74 Å². The molecule has 1 fully saturated rings. The molecule has 30 heavy (non-hydrogen) atoms. The fraction of sp³-hybridized carbons (Fsp3) is 0.273. The van der Waals surface area contributed by atoms with E-state index in [-0.39, 0.29) is 0 Å². The van der Waals surface area contributed by atoms with Crippen molar-refractivity contribution in [3.63, 3.8) is 0 Å². The molecule has 4 aromatic rings. The number of rotatable bonds is 4. The largest absolute Gasteiger partial charge is 0.480 e. The van der Waals surface area contributed by atoms with E-state index in [0.29, 0.717) is 5.88 Å². The zero-order valence-electron chi connectivity index (χ0n) is 16.9. The van der Waals surface area contributed by atoms with E-state index in [0.717, 1.165) is 71.1 Å². The Bertz CT molecular complexity index is 1200. The van der Waals surface area contributed by atoms with Gasteiger partial charge in [0.05, 0.1) is 37.1 Å². The molecule has 4 heterocycles. The van der Waals surface area contributed by atoms with E-state index >= 15 is 0 Å². The molecule has 5 rings (SSSR count). The molecule has 1 saturated heterocycles. The second kappa shape index (κ2) is 7.72. The van der Waals surface area contributed by atoms with Gasteiger partial charge in [0.1, 0.15) is 17.8 Å². The Labute approximate surface area is 173 Å². The number of benzene rings is 1. The molecule has 1 aromatic carbocycles. The third-order valence-electron chi connectivity index (χ3n) is 5.40. The van der Waals surface area contributed by atoms with Gasteiger partial charge in [0.15, 0.2) is 0 Å². The number of hydrogen-bond donors (Lipinski definition) is 1. The second-order valence-corrected chi connectivity index (χ2v) is 7.18. The molecule has 0 spiro atoms. The standard InChI is InChI=1S/C22H22N6O2/c1-14-20(22(29-2)25-13-24-14)15-3-4-18-17(11-15)21(27-26-18)16-5-6-23-19(12-16)28-7-9-30-10-8-28/h3-6,11-13H,7-10H2,1-2H3,(H,26,27). The van der Waals surface area contributed by atoms with Crippen molar-refractivity contribution in [1.29, 1.82) is 0 Å². The van der Waals surface area contributed by atoms with E-state index in [1.165, 1.54) is 6.33 Å². The Hall–Kier alpha value is -3.52. The van der Waals surface area contributed by atoms with Crippen LogP contribution in [0.1, 0.15) is 5.69 Å². The summed E-state index contributed by atoms with van der Waals surface area (Å²) in [5.41, 5.74) is 5.61. The maximum absolute atomic E-state index is 5.47. The Morgan fingerprint density at radius 2 is 1.90 bits per heavy atom. The predicted octanol–water partition coefficient (Wildman–Crippen LogP) is 3.24. The lowest BCUT2D eigenvalue weighted by Crippen LogP contribution is -2.36. The van der Waals surface area contributed by atoms with Crippen LogP contribution in [0.4, 0.5) is 5.82 Å². The maximum atomic E-state index is 5.47. The summed E-state index contributed by atoms with van der Waals surface area (Å²) in [5.74, 6) is 1.50. The summed E-state index contributed by atoms with van der Waals surface area (Å²) < 4.78 is 10.9. The number of nitrogens with zero attached hydrogens (tertiary/aromatic N) is 5. The van der Waals surface area contributed by atoms with Crippen LogP contribution >= 0.6 is 0 Å². The molecule has 1 aliphatic heterocycles. The Morgan fingerprint density at radius 3 is 2.73 bits per heavy atom. The number of methoxy groups -OCH3 is 1. The summed E-state index contributed by atoms with van der Waals surface area (Å²) in [6, 6.07) is 10.2. The van der Waals surface area contributed by atoms with E-state index < -0.39 is 0 Å². The SMILES string of the molecule is COc1ncnc(C)c1-c1ccc2[nH]nc(-c3ccnc(N4CCOCC4)c3)c2c1. The number of pyridine rings is 1. The van der Waals surface area contributed by atoms with Crippen LogP contribution in [0.25, 0.3) is 33.3 Å². The topological polar surface area (TPSA) is 89.1 Å². The van der Waals surface area contributed by atoms with Crippen LogP contribution in [-0.4, -0.2) is 58.6 Å². The Kier molecular flexibility index (Phi) is 4.76. The van der Waals surface area contributed by atoms with Gasteiger partial charge in [-0.15, -0.1) is 0 Å². The highest BCUT2D eigenvalue weighted by molar-refractivity contribution is 5.96. The quantitative estimate of drug-likeness (QED) is 0.560. The number of aromatic nitrogens is 5. The first-order chi connectivity index (χ1) is 14.7. The zero-order chi connectivity index (χ0) is 20.5. The molecule has 0 radical (unpaired) electrons. The van der Waals surface area contributed by atoms with Crippen molar-refractivity contribution in [2.24, 2.45) is 0 Å². The minimum absolute atomic E-state index is 0.561. The maximum Gasteiger partial charge on any atom is 0.224 e. The summed E-state index contributed by atoms with van der Waals surface area (Å²) in [6.45, 7) is 5.09. The lowest BCUT2D eigenvalue weighted by atomic mass is 10.0. The predicted molar refractivity (Wildman–Crippen MR) is 115 cm³/mol. The third-order valence-corrected chi connectivity index (χ3v) is 5.40. The molecule has 0 unspecified atom stereocenters. The van der Waals surface area contributed by atoms with E-state index in [1.807, 2.05) is 31.3 Å². The first kappa shape index (κ1) is 18.5. The molecular weight excluding hydrogens is 380 g/mol. The average molecular weight is 402 g/mol. The van der Waals surface area contributed by atoms with E-state index in [4.69, 9.17) is 9.47 Å². The molecule has 0 aliphatic carbocycles. The number of aryl methyl sites for hydroxylation is 1.